The number of fused-ring (bicyclic) bond motifs is 1. The van der Waals surface area contributed by atoms with Crippen LogP contribution < -0.4 is 25.6 Å². The molecule has 10 nitrogen and oxygen atoms in total. The number of H-pyrrole nitrogens is 2. The minimum absolute atomic E-state index is 0.0351. The number of aromatic amines is 2. The molecule has 5 rings (SSSR count). The number of hydrogen-bond donors (Lipinski definition) is 2. The molecule has 0 unspecified atom stereocenters. The Morgan fingerprint density at radius 2 is 1.97 bits per heavy atom. The van der Waals surface area contributed by atoms with E-state index in [1.54, 1.807) is 0 Å². The van der Waals surface area contributed by atoms with Gasteiger partial charge in [0.05, 0.1) is 36.5 Å². The minimum Gasteiger partial charge on any atom is -0.493 e. The van der Waals surface area contributed by atoms with E-state index >= 15 is 8.78 Å². The first-order valence-corrected chi connectivity index (χ1v) is 11.3. The van der Waals surface area contributed by atoms with Crippen molar-refractivity contribution < 1.29 is 35.8 Å². The summed E-state index contributed by atoms with van der Waals surface area (Å²) in [6.45, 7) is -0.307. The van der Waals surface area contributed by atoms with Crippen LogP contribution in [0.1, 0.15) is 5.56 Å². The summed E-state index contributed by atoms with van der Waals surface area (Å²) in [5, 5.41) is 4.01. The Morgan fingerprint density at radius 3 is 2.69 bits per heavy atom. The molecule has 0 amide bonds. The quantitative estimate of drug-likeness (QED) is 0.350. The molecule has 0 bridgehead atoms. The lowest BCUT2D eigenvalue weighted by Gasteiger charge is -2.19. The van der Waals surface area contributed by atoms with Crippen LogP contribution in [0.3, 0.4) is 0 Å². The molecule has 4 heterocycles. The number of ether oxygens (including phenoxy) is 2. The van der Waals surface area contributed by atoms with E-state index in [2.05, 4.69) is 19.8 Å². The molecule has 0 radical (unpaired) electrons. The molecule has 1 aliphatic rings. The van der Waals surface area contributed by atoms with Gasteiger partial charge in [0.1, 0.15) is 17.2 Å². The van der Waals surface area contributed by atoms with Crippen LogP contribution in [0.2, 0.25) is 0 Å². The zero-order chi connectivity index (χ0) is 28.1. The van der Waals surface area contributed by atoms with E-state index in [-0.39, 0.29) is 40.4 Å². The number of imidazole rings is 1. The van der Waals surface area contributed by atoms with Gasteiger partial charge in [-0.3, -0.25) is 9.78 Å². The van der Waals surface area contributed by atoms with Crippen LogP contribution in [0.15, 0.2) is 46.2 Å². The van der Waals surface area contributed by atoms with Crippen LogP contribution in [-0.2, 0) is 0 Å². The summed E-state index contributed by atoms with van der Waals surface area (Å²) in [5.41, 5.74) is -1.77. The van der Waals surface area contributed by atoms with Crippen molar-refractivity contribution in [3.8, 4) is 22.8 Å². The number of nitrogens with zero attached hydrogens (tertiary/aromatic N) is 4. The summed E-state index contributed by atoms with van der Waals surface area (Å²) in [6, 6.07) is 4.86. The molecular formula is C23H18F6N6O4. The largest absolute Gasteiger partial charge is 0.573 e. The number of rotatable bonds is 6. The third-order valence-corrected chi connectivity index (χ3v) is 6.12. The Morgan fingerprint density at radius 1 is 1.21 bits per heavy atom. The Labute approximate surface area is 213 Å². The van der Waals surface area contributed by atoms with Gasteiger partial charge in [-0.1, -0.05) is 6.07 Å². The molecule has 4 aromatic rings. The molecule has 1 fully saturated rings. The van der Waals surface area contributed by atoms with Gasteiger partial charge in [-0.25, -0.2) is 18.6 Å². The zero-order valence-electron chi connectivity index (χ0n) is 19.9. The lowest BCUT2D eigenvalue weighted by molar-refractivity contribution is -0.274. The summed E-state index contributed by atoms with van der Waals surface area (Å²) in [6.07, 6.45) is -3.05. The van der Waals surface area contributed by atoms with E-state index in [1.165, 1.54) is 30.0 Å². The van der Waals surface area contributed by atoms with Crippen molar-refractivity contribution in [1.82, 2.24) is 24.6 Å². The van der Waals surface area contributed by atoms with Gasteiger partial charge in [-0.15, -0.1) is 13.2 Å². The summed E-state index contributed by atoms with van der Waals surface area (Å²) < 4.78 is 92.5. The molecule has 16 heteroatoms. The third-order valence-electron chi connectivity index (χ3n) is 6.12. The highest BCUT2D eigenvalue weighted by Crippen LogP contribution is 2.39. The Bertz CT molecular complexity index is 1660. The van der Waals surface area contributed by atoms with Gasteiger partial charge in [0.25, 0.3) is 11.5 Å². The van der Waals surface area contributed by atoms with Gasteiger partial charge in [-0.2, -0.15) is 14.0 Å². The first kappa shape index (κ1) is 26.1. The molecule has 3 aromatic heterocycles. The SMILES string of the molecule is Cc1ccc(OC[C@H]2CN(c3cc(-c4c[nH]c(=O)[nH]c4=O)nn4c(F)cnc34)CC2(F)F)cc1OC(F)(F)F. The molecule has 1 aromatic carbocycles. The van der Waals surface area contributed by atoms with E-state index in [0.29, 0.717) is 0 Å². The average Bonchev–Trinajstić information content (AvgIpc) is 3.36. The van der Waals surface area contributed by atoms with E-state index < -0.39 is 54.3 Å². The Kier molecular flexibility index (Phi) is 6.27. The van der Waals surface area contributed by atoms with Gasteiger partial charge in [0.2, 0.25) is 5.95 Å². The molecule has 39 heavy (non-hydrogen) atoms. The molecule has 0 spiro atoms. The van der Waals surface area contributed by atoms with Crippen molar-refractivity contribution in [1.29, 1.82) is 0 Å². The number of nitrogens with one attached hydrogen (secondary N) is 2. The first-order chi connectivity index (χ1) is 18.3. The maximum Gasteiger partial charge on any atom is 0.573 e. The van der Waals surface area contributed by atoms with Crippen LogP contribution >= 0.6 is 0 Å². The Hall–Kier alpha value is -4.50. The number of alkyl halides is 5. The van der Waals surface area contributed by atoms with Crippen LogP contribution in [-0.4, -0.2) is 56.5 Å². The van der Waals surface area contributed by atoms with E-state index in [1.807, 2.05) is 4.98 Å². The summed E-state index contributed by atoms with van der Waals surface area (Å²) >= 11 is 0. The molecular weight excluding hydrogens is 538 g/mol. The number of anilines is 1. The van der Waals surface area contributed by atoms with Gasteiger partial charge in [0.15, 0.2) is 5.65 Å². The van der Waals surface area contributed by atoms with Crippen molar-refractivity contribution in [3.05, 3.63) is 69.0 Å². The monoisotopic (exact) mass is 556 g/mol. The summed E-state index contributed by atoms with van der Waals surface area (Å²) in [7, 11) is 0. The van der Waals surface area contributed by atoms with Crippen LogP contribution in [0.4, 0.5) is 32.0 Å². The van der Waals surface area contributed by atoms with Crippen LogP contribution in [0.5, 0.6) is 11.5 Å². The second-order valence-corrected chi connectivity index (χ2v) is 8.84. The standard InChI is InChI=1S/C23H18F6N6O4/c1-11-2-3-13(4-17(11)39-23(27,28)29)38-9-12-8-34(10-22(12,25)26)16-5-15(14-6-31-21(37)32-20(14)36)33-35-18(24)7-30-19(16)35/h2-7,12H,8-10H2,1H3,(H2,31,32,36,37)/t12-/m1/s1. The zero-order valence-corrected chi connectivity index (χ0v) is 19.9. The fraction of sp³-hybridized carbons (Fsp3) is 0.304. The third kappa shape index (κ3) is 5.26. The van der Waals surface area contributed by atoms with Crippen LogP contribution in [0.25, 0.3) is 16.9 Å². The maximum atomic E-state index is 15.0. The molecule has 0 aliphatic carbocycles. The topological polar surface area (TPSA) is 118 Å². The van der Waals surface area contributed by atoms with E-state index in [4.69, 9.17) is 4.74 Å². The second-order valence-electron chi connectivity index (χ2n) is 8.84. The van der Waals surface area contributed by atoms with Crippen molar-refractivity contribution in [2.75, 3.05) is 24.6 Å². The number of aromatic nitrogens is 5. The lowest BCUT2D eigenvalue weighted by atomic mass is 10.1. The molecule has 2 N–H and O–H groups in total. The van der Waals surface area contributed by atoms with Crippen molar-refractivity contribution >= 4 is 11.3 Å². The molecule has 1 aliphatic heterocycles. The smallest absolute Gasteiger partial charge is 0.493 e. The van der Waals surface area contributed by atoms with Gasteiger partial charge >= 0.3 is 12.1 Å². The van der Waals surface area contributed by atoms with Gasteiger partial charge < -0.3 is 19.4 Å². The Balaban J connectivity index is 1.42. The molecule has 1 saturated heterocycles. The average molecular weight is 556 g/mol. The number of benzene rings is 1. The number of hydrogen-bond acceptors (Lipinski definition) is 7. The molecule has 206 valence electrons. The second kappa shape index (κ2) is 9.36. The fourth-order valence-electron chi connectivity index (χ4n) is 4.20. The normalized spacial score (nSPS) is 17.1. The highest BCUT2D eigenvalue weighted by molar-refractivity contribution is 5.74. The highest BCUT2D eigenvalue weighted by atomic mass is 19.4. The molecule has 1 atom stereocenters. The lowest BCUT2D eigenvalue weighted by Crippen LogP contribution is -2.31. The summed E-state index contributed by atoms with van der Waals surface area (Å²) in [4.78, 5) is 33.0. The van der Waals surface area contributed by atoms with E-state index in [9.17, 15) is 27.2 Å². The minimum atomic E-state index is -4.94. The predicted octanol–water partition coefficient (Wildman–Crippen LogP) is 3.27. The number of halogens is 6. The van der Waals surface area contributed by atoms with Crippen molar-refractivity contribution in [2.24, 2.45) is 5.92 Å². The van der Waals surface area contributed by atoms with Crippen LogP contribution in [0, 0.1) is 18.8 Å². The highest BCUT2D eigenvalue weighted by Gasteiger charge is 2.49. The van der Waals surface area contributed by atoms with Gasteiger partial charge in [0, 0.05) is 18.8 Å². The first-order valence-electron chi connectivity index (χ1n) is 11.3. The van der Waals surface area contributed by atoms with Crippen molar-refractivity contribution in [2.45, 2.75) is 19.2 Å². The fourth-order valence-corrected chi connectivity index (χ4v) is 4.20. The predicted molar refractivity (Wildman–Crippen MR) is 124 cm³/mol. The van der Waals surface area contributed by atoms with Gasteiger partial charge in [-0.05, 0) is 24.6 Å². The van der Waals surface area contributed by atoms with E-state index in [0.717, 1.165) is 23.0 Å². The van der Waals surface area contributed by atoms with Crippen molar-refractivity contribution in [3.63, 3.8) is 0 Å². The molecule has 0 saturated carbocycles. The summed E-state index contributed by atoms with van der Waals surface area (Å²) in [5.74, 6) is -6.29. The number of aryl methyl sites for hydroxylation is 1. The maximum absolute atomic E-state index is 15.0.